The molecular weight excluding hydrogens is 576 g/mol. The molecule has 2 N–H and O–H groups in total. The van der Waals surface area contributed by atoms with E-state index in [1.54, 1.807) is 0 Å². The molecule has 0 spiro atoms. The summed E-state index contributed by atoms with van der Waals surface area (Å²) >= 11 is 0. The van der Waals surface area contributed by atoms with Gasteiger partial charge in [-0.25, -0.2) is 0 Å². The minimum absolute atomic E-state index is 0.156. The van der Waals surface area contributed by atoms with Gasteiger partial charge in [0.1, 0.15) is 0 Å². The lowest BCUT2D eigenvalue weighted by molar-refractivity contribution is 0.218. The Balaban J connectivity index is 2.05. The van der Waals surface area contributed by atoms with Gasteiger partial charge in [0, 0.05) is 0 Å². The second-order valence-electron chi connectivity index (χ2n) is 13.1. The third kappa shape index (κ3) is 10.4. The maximum Gasteiger partial charge on any atom is 0.161 e. The van der Waals surface area contributed by atoms with Crippen LogP contribution in [0.4, 0.5) is 0 Å². The summed E-state index contributed by atoms with van der Waals surface area (Å²) in [6.45, 7) is 19.4. The standard InChI is InChI=1S/C40H58O6/c1-9-27(5)23-43-37-15-13-31(19-39(37)45-25-29(7)11-3)35-17-34(22-42)36(18-33(35)21-41)32-14-16-38(44-24-28(6)10-2)40(20-32)46-26-30(8)12-4/h13-20,27-30,41-42H,9-12,21-26H2,1-8H3. The van der Waals surface area contributed by atoms with E-state index in [1.165, 1.54) is 0 Å². The Labute approximate surface area is 278 Å². The van der Waals surface area contributed by atoms with E-state index >= 15 is 0 Å². The van der Waals surface area contributed by atoms with E-state index < -0.39 is 0 Å². The van der Waals surface area contributed by atoms with Crippen LogP contribution >= 0.6 is 0 Å². The molecule has 0 saturated heterocycles. The highest BCUT2D eigenvalue weighted by Gasteiger charge is 2.18. The summed E-state index contributed by atoms with van der Waals surface area (Å²) < 4.78 is 25.0. The van der Waals surface area contributed by atoms with Crippen LogP contribution in [0.25, 0.3) is 22.3 Å². The Hall–Kier alpha value is -3.22. The molecule has 6 heteroatoms. The van der Waals surface area contributed by atoms with Crippen LogP contribution < -0.4 is 18.9 Å². The van der Waals surface area contributed by atoms with Gasteiger partial charge < -0.3 is 29.2 Å². The van der Waals surface area contributed by atoms with Crippen LogP contribution in [0, 0.1) is 23.7 Å². The summed E-state index contributed by atoms with van der Waals surface area (Å²) in [4.78, 5) is 0. The Morgan fingerprint density at radius 2 is 0.761 bits per heavy atom. The van der Waals surface area contributed by atoms with Crippen LogP contribution in [0.3, 0.4) is 0 Å². The summed E-state index contributed by atoms with van der Waals surface area (Å²) in [5.74, 6) is 4.50. The van der Waals surface area contributed by atoms with Gasteiger partial charge >= 0.3 is 0 Å². The number of hydrogen-bond donors (Lipinski definition) is 2. The number of aliphatic hydroxyl groups is 2. The van der Waals surface area contributed by atoms with E-state index in [-0.39, 0.29) is 13.2 Å². The van der Waals surface area contributed by atoms with E-state index in [4.69, 9.17) is 18.9 Å². The molecule has 0 fully saturated rings. The summed E-state index contributed by atoms with van der Waals surface area (Å²) in [5, 5.41) is 21.1. The number of hydrogen-bond acceptors (Lipinski definition) is 6. The predicted molar refractivity (Wildman–Crippen MR) is 189 cm³/mol. The highest BCUT2D eigenvalue weighted by atomic mass is 16.5. The zero-order valence-electron chi connectivity index (χ0n) is 29.5. The molecule has 0 radical (unpaired) electrons. The Bertz CT molecular complexity index is 1250. The molecule has 0 aliphatic heterocycles. The molecular formula is C40H58O6. The fraction of sp³-hybridized carbons (Fsp3) is 0.550. The molecule has 3 rings (SSSR count). The lowest BCUT2D eigenvalue weighted by Gasteiger charge is -2.20. The van der Waals surface area contributed by atoms with Crippen molar-refractivity contribution in [3.8, 4) is 45.3 Å². The van der Waals surface area contributed by atoms with Crippen LogP contribution in [0.2, 0.25) is 0 Å². The van der Waals surface area contributed by atoms with Gasteiger partial charge in [-0.05, 0) is 93.5 Å². The normalized spacial score (nSPS) is 14.0. The minimum atomic E-state index is -0.156. The van der Waals surface area contributed by atoms with Crippen molar-refractivity contribution in [1.29, 1.82) is 0 Å². The number of benzene rings is 3. The fourth-order valence-corrected chi connectivity index (χ4v) is 4.70. The van der Waals surface area contributed by atoms with Crippen molar-refractivity contribution in [2.75, 3.05) is 26.4 Å². The summed E-state index contributed by atoms with van der Waals surface area (Å²) in [5.41, 5.74) is 5.00. The zero-order valence-corrected chi connectivity index (χ0v) is 29.5. The number of ether oxygens (including phenoxy) is 4. The van der Waals surface area contributed by atoms with Crippen LogP contribution in [0.15, 0.2) is 48.5 Å². The van der Waals surface area contributed by atoms with Gasteiger partial charge in [0.2, 0.25) is 0 Å². The highest BCUT2D eigenvalue weighted by molar-refractivity contribution is 5.78. The van der Waals surface area contributed by atoms with Crippen molar-refractivity contribution < 1.29 is 29.2 Å². The third-order valence-electron chi connectivity index (χ3n) is 9.06. The molecule has 0 amide bonds. The first kappa shape index (κ1) is 37.2. The minimum Gasteiger partial charge on any atom is -0.489 e. The van der Waals surface area contributed by atoms with E-state index in [0.29, 0.717) is 61.6 Å². The molecule has 6 nitrogen and oxygen atoms in total. The number of aliphatic hydroxyl groups excluding tert-OH is 2. The van der Waals surface area contributed by atoms with Gasteiger partial charge in [0.25, 0.3) is 0 Å². The molecule has 0 aliphatic carbocycles. The Morgan fingerprint density at radius 3 is 1.04 bits per heavy atom. The van der Waals surface area contributed by atoms with E-state index in [1.807, 2.05) is 48.5 Å². The average molecular weight is 635 g/mol. The maximum atomic E-state index is 10.6. The monoisotopic (exact) mass is 634 g/mol. The van der Waals surface area contributed by atoms with Crippen molar-refractivity contribution in [1.82, 2.24) is 0 Å². The molecule has 46 heavy (non-hydrogen) atoms. The molecule has 4 unspecified atom stereocenters. The second kappa shape index (κ2) is 18.8. The summed E-state index contributed by atoms with van der Waals surface area (Å²) in [7, 11) is 0. The molecule has 254 valence electrons. The zero-order chi connectivity index (χ0) is 33.6. The van der Waals surface area contributed by atoms with Gasteiger partial charge in [-0.15, -0.1) is 0 Å². The molecule has 0 aromatic heterocycles. The number of rotatable bonds is 20. The molecule has 3 aromatic carbocycles. The summed E-state index contributed by atoms with van der Waals surface area (Å²) in [6.07, 6.45) is 4.12. The molecule has 0 saturated carbocycles. The first-order valence-corrected chi connectivity index (χ1v) is 17.3. The molecule has 0 bridgehead atoms. The lowest BCUT2D eigenvalue weighted by Crippen LogP contribution is -2.11. The van der Waals surface area contributed by atoms with Gasteiger partial charge in [0.15, 0.2) is 23.0 Å². The molecule has 4 atom stereocenters. The van der Waals surface area contributed by atoms with E-state index in [9.17, 15) is 10.2 Å². The van der Waals surface area contributed by atoms with Crippen molar-refractivity contribution in [3.63, 3.8) is 0 Å². The van der Waals surface area contributed by atoms with E-state index in [0.717, 1.165) is 70.6 Å². The third-order valence-corrected chi connectivity index (χ3v) is 9.06. The second-order valence-corrected chi connectivity index (χ2v) is 13.1. The maximum absolute atomic E-state index is 10.6. The Kier molecular flexibility index (Phi) is 15.2. The van der Waals surface area contributed by atoms with Crippen LogP contribution in [-0.2, 0) is 13.2 Å². The van der Waals surface area contributed by atoms with Gasteiger partial charge in [-0.2, -0.15) is 0 Å². The lowest BCUT2D eigenvalue weighted by atomic mass is 9.91. The van der Waals surface area contributed by atoms with Crippen molar-refractivity contribution >= 4 is 0 Å². The Morgan fingerprint density at radius 1 is 0.457 bits per heavy atom. The first-order chi connectivity index (χ1) is 22.2. The fourth-order valence-electron chi connectivity index (χ4n) is 4.70. The highest BCUT2D eigenvalue weighted by Crippen LogP contribution is 2.40. The van der Waals surface area contributed by atoms with E-state index in [2.05, 4.69) is 55.4 Å². The predicted octanol–water partition coefficient (Wildman–Crippen LogP) is 9.70. The average Bonchev–Trinajstić information content (AvgIpc) is 3.10. The van der Waals surface area contributed by atoms with Crippen molar-refractivity contribution in [3.05, 3.63) is 59.7 Å². The van der Waals surface area contributed by atoms with Crippen LogP contribution in [0.1, 0.15) is 92.2 Å². The van der Waals surface area contributed by atoms with Gasteiger partial charge in [-0.1, -0.05) is 93.2 Å². The smallest absolute Gasteiger partial charge is 0.161 e. The van der Waals surface area contributed by atoms with Crippen molar-refractivity contribution in [2.45, 2.75) is 94.3 Å². The quantitative estimate of drug-likeness (QED) is 0.129. The van der Waals surface area contributed by atoms with Gasteiger partial charge in [0.05, 0.1) is 39.6 Å². The SMILES string of the molecule is CCC(C)COc1ccc(-c2cc(CO)c(-c3ccc(OCC(C)CC)c(OCC(C)CC)c3)cc2CO)cc1OCC(C)CC. The molecule has 0 aliphatic rings. The topological polar surface area (TPSA) is 77.4 Å². The largest absolute Gasteiger partial charge is 0.489 e. The molecule has 3 aromatic rings. The first-order valence-electron chi connectivity index (χ1n) is 17.3. The summed E-state index contributed by atoms with van der Waals surface area (Å²) in [6, 6.07) is 15.8. The molecule has 0 heterocycles. The van der Waals surface area contributed by atoms with Crippen LogP contribution in [0.5, 0.6) is 23.0 Å². The van der Waals surface area contributed by atoms with Gasteiger partial charge in [-0.3, -0.25) is 0 Å². The van der Waals surface area contributed by atoms with Crippen molar-refractivity contribution in [2.24, 2.45) is 23.7 Å². The van der Waals surface area contributed by atoms with Crippen LogP contribution in [-0.4, -0.2) is 36.6 Å².